The summed E-state index contributed by atoms with van der Waals surface area (Å²) >= 11 is 0. The number of carbonyl (C=O) groups excluding carboxylic acids is 2. The molecule has 29 heavy (non-hydrogen) atoms. The molecule has 2 aromatic rings. The van der Waals surface area contributed by atoms with Gasteiger partial charge in [-0.1, -0.05) is 26.3 Å². The van der Waals surface area contributed by atoms with Crippen LogP contribution in [0.1, 0.15) is 68.3 Å². The van der Waals surface area contributed by atoms with Crippen molar-refractivity contribution in [1.29, 1.82) is 5.41 Å². The Hall–Kier alpha value is -2.83. The maximum absolute atomic E-state index is 13.1. The summed E-state index contributed by atoms with van der Waals surface area (Å²) in [7, 11) is 0. The molecule has 156 valence electrons. The Bertz CT molecular complexity index is 897. The second-order valence-electron chi connectivity index (χ2n) is 8.02. The summed E-state index contributed by atoms with van der Waals surface area (Å²) < 4.78 is 11.1. The molecule has 7 heteroatoms. The van der Waals surface area contributed by atoms with Crippen LogP contribution in [-0.2, 0) is 9.53 Å². The number of amidine groups is 1. The molecule has 4 N–H and O–H groups in total. The lowest BCUT2D eigenvalue weighted by molar-refractivity contribution is -0.151. The number of rotatable bonds is 7. The minimum Gasteiger partial charge on any atom is -0.463 e. The molecule has 1 aliphatic rings. The average Bonchev–Trinajstić information content (AvgIpc) is 3.15. The first kappa shape index (κ1) is 20.9. The van der Waals surface area contributed by atoms with E-state index in [1.54, 1.807) is 18.2 Å². The highest BCUT2D eigenvalue weighted by Crippen LogP contribution is 2.25. The van der Waals surface area contributed by atoms with Gasteiger partial charge in [0, 0.05) is 17.0 Å². The summed E-state index contributed by atoms with van der Waals surface area (Å²) in [6.45, 7) is 3.89. The maximum Gasteiger partial charge on any atom is 0.308 e. The van der Waals surface area contributed by atoms with Gasteiger partial charge in [-0.3, -0.25) is 15.0 Å². The van der Waals surface area contributed by atoms with E-state index < -0.39 is 11.9 Å². The molecule has 0 aliphatic heterocycles. The highest BCUT2D eigenvalue weighted by atomic mass is 16.5. The maximum atomic E-state index is 13.1. The number of nitrogen functional groups attached to an aromatic ring is 1. The number of ether oxygens (including phenoxy) is 1. The fourth-order valence-electron chi connectivity index (χ4n) is 3.77. The highest BCUT2D eigenvalue weighted by molar-refractivity contribution is 6.14. The van der Waals surface area contributed by atoms with E-state index in [0.717, 1.165) is 31.1 Å². The highest BCUT2D eigenvalue weighted by Gasteiger charge is 2.27. The number of esters is 1. The minimum atomic E-state index is -0.417. The molecule has 1 aromatic heterocycles. The molecular weight excluding hydrogens is 370 g/mol. The third kappa shape index (κ3) is 4.96. The Balaban J connectivity index is 1.75. The van der Waals surface area contributed by atoms with Gasteiger partial charge >= 0.3 is 5.97 Å². The second-order valence-corrected chi connectivity index (χ2v) is 8.02. The third-order valence-corrected chi connectivity index (χ3v) is 5.50. The molecule has 1 heterocycles. The smallest absolute Gasteiger partial charge is 0.308 e. The van der Waals surface area contributed by atoms with Gasteiger partial charge in [0.1, 0.15) is 17.5 Å². The number of benzene rings is 1. The van der Waals surface area contributed by atoms with Crippen molar-refractivity contribution in [2.45, 2.75) is 64.5 Å². The van der Waals surface area contributed by atoms with Gasteiger partial charge in [-0.05, 0) is 43.7 Å². The van der Waals surface area contributed by atoms with Crippen LogP contribution in [-0.4, -0.2) is 29.9 Å². The number of nitrogens with one attached hydrogen (secondary N) is 2. The summed E-state index contributed by atoms with van der Waals surface area (Å²) in [6, 6.07) is 4.74. The van der Waals surface area contributed by atoms with E-state index in [9.17, 15) is 9.59 Å². The molecule has 1 aromatic carbocycles. The molecule has 7 nitrogen and oxygen atoms in total. The molecule has 1 unspecified atom stereocenters. The Labute approximate surface area is 170 Å². The fourth-order valence-corrected chi connectivity index (χ4v) is 3.77. The summed E-state index contributed by atoms with van der Waals surface area (Å²) in [5, 5.41) is 11.5. The van der Waals surface area contributed by atoms with Crippen LogP contribution in [0.5, 0.6) is 0 Å². The zero-order valence-electron chi connectivity index (χ0n) is 17.0. The quantitative estimate of drug-likeness (QED) is 0.372. The summed E-state index contributed by atoms with van der Waals surface area (Å²) in [5.74, 6) is -0.903. The van der Waals surface area contributed by atoms with Crippen molar-refractivity contribution >= 4 is 28.7 Å². The van der Waals surface area contributed by atoms with Gasteiger partial charge in [-0.2, -0.15) is 0 Å². The van der Waals surface area contributed by atoms with Crippen LogP contribution in [0.4, 0.5) is 0 Å². The largest absolute Gasteiger partial charge is 0.463 e. The van der Waals surface area contributed by atoms with Crippen LogP contribution < -0.4 is 11.1 Å². The number of fused-ring (bicyclic) bond motifs is 1. The first-order valence-electron chi connectivity index (χ1n) is 10.2. The van der Waals surface area contributed by atoms with Gasteiger partial charge < -0.3 is 20.2 Å². The first-order valence-corrected chi connectivity index (χ1v) is 10.2. The normalized spacial score (nSPS) is 16.0. The van der Waals surface area contributed by atoms with E-state index >= 15 is 0 Å². The number of hydrogen-bond donors (Lipinski definition) is 3. The van der Waals surface area contributed by atoms with Crippen LogP contribution in [0.3, 0.4) is 0 Å². The van der Waals surface area contributed by atoms with E-state index in [4.69, 9.17) is 20.3 Å². The van der Waals surface area contributed by atoms with Crippen molar-refractivity contribution < 1.29 is 18.7 Å². The van der Waals surface area contributed by atoms with Crippen molar-refractivity contribution in [1.82, 2.24) is 5.32 Å². The molecule has 0 saturated heterocycles. The molecule has 0 spiro atoms. The van der Waals surface area contributed by atoms with Crippen molar-refractivity contribution in [3.05, 3.63) is 35.6 Å². The SMILES string of the molecule is CC(C)C(CC(=O)OC1CCCCC1)NC(=O)c1c(C(=N)N)ccc2ccoc12. The Kier molecular flexibility index (Phi) is 6.56. The van der Waals surface area contributed by atoms with Crippen LogP contribution in [0, 0.1) is 11.3 Å². The molecular formula is C22H29N3O4. The van der Waals surface area contributed by atoms with E-state index in [2.05, 4.69) is 5.32 Å². The monoisotopic (exact) mass is 399 g/mol. The van der Waals surface area contributed by atoms with E-state index in [1.807, 2.05) is 13.8 Å². The Morgan fingerprint density at radius 1 is 1.24 bits per heavy atom. The van der Waals surface area contributed by atoms with Crippen molar-refractivity contribution in [3.8, 4) is 0 Å². The van der Waals surface area contributed by atoms with Crippen LogP contribution in [0.15, 0.2) is 28.9 Å². The average molecular weight is 399 g/mol. The number of furan rings is 1. The van der Waals surface area contributed by atoms with E-state index in [1.165, 1.54) is 12.7 Å². The van der Waals surface area contributed by atoms with E-state index in [-0.39, 0.29) is 35.8 Å². The lowest BCUT2D eigenvalue weighted by Gasteiger charge is -2.25. The summed E-state index contributed by atoms with van der Waals surface area (Å²) in [5.41, 5.74) is 6.57. The number of nitrogens with two attached hydrogens (primary N) is 1. The number of amides is 1. The molecule has 0 radical (unpaired) electrons. The van der Waals surface area contributed by atoms with Crippen LogP contribution in [0.2, 0.25) is 0 Å². The molecule has 0 bridgehead atoms. The van der Waals surface area contributed by atoms with Gasteiger partial charge in [-0.15, -0.1) is 0 Å². The minimum absolute atomic E-state index is 0.0130. The number of carbonyl (C=O) groups is 2. The van der Waals surface area contributed by atoms with Crippen LogP contribution >= 0.6 is 0 Å². The van der Waals surface area contributed by atoms with Gasteiger partial charge in [0.05, 0.1) is 18.2 Å². The fraction of sp³-hybridized carbons (Fsp3) is 0.500. The summed E-state index contributed by atoms with van der Waals surface area (Å²) in [4.78, 5) is 25.5. The zero-order chi connectivity index (χ0) is 21.0. The predicted molar refractivity (Wildman–Crippen MR) is 111 cm³/mol. The third-order valence-electron chi connectivity index (χ3n) is 5.50. The summed E-state index contributed by atoms with van der Waals surface area (Å²) in [6.07, 6.45) is 6.76. The predicted octanol–water partition coefficient (Wildman–Crippen LogP) is 3.74. The molecule has 3 rings (SSSR count). The molecule has 1 amide bonds. The first-order chi connectivity index (χ1) is 13.9. The molecule has 1 atom stereocenters. The zero-order valence-corrected chi connectivity index (χ0v) is 17.0. The van der Waals surface area contributed by atoms with Crippen molar-refractivity contribution in [3.63, 3.8) is 0 Å². The van der Waals surface area contributed by atoms with Gasteiger partial charge in [0.2, 0.25) is 0 Å². The van der Waals surface area contributed by atoms with Crippen molar-refractivity contribution in [2.75, 3.05) is 0 Å². The van der Waals surface area contributed by atoms with Crippen LogP contribution in [0.25, 0.3) is 11.0 Å². The van der Waals surface area contributed by atoms with E-state index in [0.29, 0.717) is 11.1 Å². The van der Waals surface area contributed by atoms with Gasteiger partial charge in [-0.25, -0.2) is 0 Å². The lowest BCUT2D eigenvalue weighted by Crippen LogP contribution is -2.41. The second kappa shape index (κ2) is 9.11. The topological polar surface area (TPSA) is 118 Å². The Morgan fingerprint density at radius 2 is 1.97 bits per heavy atom. The number of hydrogen-bond acceptors (Lipinski definition) is 5. The molecule has 1 aliphatic carbocycles. The van der Waals surface area contributed by atoms with Gasteiger partial charge in [0.25, 0.3) is 5.91 Å². The van der Waals surface area contributed by atoms with Gasteiger partial charge in [0.15, 0.2) is 0 Å². The standard InChI is InChI=1S/C22H29N3O4/c1-13(2)17(12-18(26)29-15-6-4-3-5-7-15)25-22(27)19-16(21(23)24)9-8-14-10-11-28-20(14)19/h8-11,13,15,17H,3-7,12H2,1-2H3,(H3,23,24)(H,25,27). The molecule has 1 saturated carbocycles. The molecule has 1 fully saturated rings. The Morgan fingerprint density at radius 3 is 2.62 bits per heavy atom. The van der Waals surface area contributed by atoms with Crippen molar-refractivity contribution in [2.24, 2.45) is 11.7 Å². The lowest BCUT2D eigenvalue weighted by atomic mass is 9.97.